The highest BCUT2D eigenvalue weighted by Crippen LogP contribution is 2.15. The van der Waals surface area contributed by atoms with Crippen molar-refractivity contribution in [2.75, 3.05) is 38.0 Å². The number of carbonyl (C=O) groups excluding carboxylic acids is 2. The zero-order valence-electron chi connectivity index (χ0n) is 15.1. The Balaban J connectivity index is 1.78. The summed E-state index contributed by atoms with van der Waals surface area (Å²) in [4.78, 5) is 28.6. The third kappa shape index (κ3) is 6.41. The van der Waals surface area contributed by atoms with Crippen LogP contribution in [-0.2, 0) is 9.59 Å². The zero-order valence-corrected chi connectivity index (χ0v) is 16.7. The molecular weight excluding hydrogens is 384 g/mol. The summed E-state index contributed by atoms with van der Waals surface area (Å²) in [6, 6.07) is 7.52. The fourth-order valence-corrected chi connectivity index (χ4v) is 3.09. The van der Waals surface area contributed by atoms with Crippen LogP contribution in [0.1, 0.15) is 20.8 Å². The first-order valence-electron chi connectivity index (χ1n) is 8.67. The lowest BCUT2D eigenvalue weighted by molar-refractivity contribution is -0.125. The molecule has 1 aliphatic heterocycles. The molecule has 6 nitrogen and oxygen atoms in total. The number of halogens is 1. The van der Waals surface area contributed by atoms with Crippen LogP contribution in [0, 0.1) is 0 Å². The first-order valence-corrected chi connectivity index (χ1v) is 9.46. The molecule has 138 valence electrons. The van der Waals surface area contributed by atoms with E-state index in [-0.39, 0.29) is 23.9 Å². The Morgan fingerprint density at radius 1 is 1.08 bits per heavy atom. The third-order valence-corrected chi connectivity index (χ3v) is 4.79. The van der Waals surface area contributed by atoms with Crippen molar-refractivity contribution >= 4 is 33.4 Å². The maximum absolute atomic E-state index is 12.4. The molecule has 0 aliphatic carbocycles. The normalized spacial score (nSPS) is 17.3. The molecule has 0 spiro atoms. The Morgan fingerprint density at radius 3 is 2.24 bits per heavy atom. The van der Waals surface area contributed by atoms with Gasteiger partial charge in [0, 0.05) is 42.4 Å². The first-order chi connectivity index (χ1) is 11.8. The molecule has 2 rings (SSSR count). The molecule has 25 heavy (non-hydrogen) atoms. The van der Waals surface area contributed by atoms with Gasteiger partial charge in [0.1, 0.15) is 0 Å². The maximum atomic E-state index is 12.4. The molecule has 7 heteroatoms. The average molecular weight is 411 g/mol. The number of rotatable bonds is 6. The van der Waals surface area contributed by atoms with E-state index in [0.29, 0.717) is 6.54 Å². The second kappa shape index (κ2) is 9.31. The van der Waals surface area contributed by atoms with Gasteiger partial charge in [0.05, 0.1) is 12.6 Å². The number of benzene rings is 1. The van der Waals surface area contributed by atoms with Crippen LogP contribution in [0.3, 0.4) is 0 Å². The van der Waals surface area contributed by atoms with Crippen molar-refractivity contribution in [3.63, 3.8) is 0 Å². The standard InChI is InChI=1S/C18H27BrN4O2/c1-13(2)20-17(24)12-22-8-10-23(11-9-22)14(3)18(25)21-16-6-4-15(19)5-7-16/h4-7,13-14H,8-12H2,1-3H3,(H,20,24)(H,21,25)/t14-/m1/s1. The molecule has 0 unspecified atom stereocenters. The number of hydrogen-bond acceptors (Lipinski definition) is 4. The minimum Gasteiger partial charge on any atom is -0.353 e. The summed E-state index contributed by atoms with van der Waals surface area (Å²) in [5.74, 6) is 0.0535. The van der Waals surface area contributed by atoms with E-state index in [1.165, 1.54) is 0 Å². The quantitative estimate of drug-likeness (QED) is 0.751. The van der Waals surface area contributed by atoms with E-state index in [0.717, 1.165) is 36.3 Å². The number of nitrogens with one attached hydrogen (secondary N) is 2. The van der Waals surface area contributed by atoms with Crippen LogP contribution >= 0.6 is 15.9 Å². The monoisotopic (exact) mass is 410 g/mol. The molecule has 2 amide bonds. The van der Waals surface area contributed by atoms with Crippen LogP contribution in [0.15, 0.2) is 28.7 Å². The lowest BCUT2D eigenvalue weighted by atomic mass is 10.2. The number of piperazine rings is 1. The summed E-state index contributed by atoms with van der Waals surface area (Å²) in [6.45, 7) is 9.42. The molecule has 1 fully saturated rings. The van der Waals surface area contributed by atoms with Crippen molar-refractivity contribution in [1.29, 1.82) is 0 Å². The first kappa shape index (κ1) is 19.9. The smallest absolute Gasteiger partial charge is 0.241 e. The summed E-state index contributed by atoms with van der Waals surface area (Å²) in [5, 5.41) is 5.86. The minimum atomic E-state index is -0.199. The summed E-state index contributed by atoms with van der Waals surface area (Å²) in [6.07, 6.45) is 0. The van der Waals surface area contributed by atoms with Gasteiger partial charge in [-0.05, 0) is 45.0 Å². The van der Waals surface area contributed by atoms with Crippen molar-refractivity contribution in [3.8, 4) is 0 Å². The van der Waals surface area contributed by atoms with Gasteiger partial charge >= 0.3 is 0 Å². The molecule has 0 bridgehead atoms. The van der Waals surface area contributed by atoms with Crippen molar-refractivity contribution in [3.05, 3.63) is 28.7 Å². The van der Waals surface area contributed by atoms with E-state index < -0.39 is 0 Å². The molecule has 1 heterocycles. The van der Waals surface area contributed by atoms with Crippen LogP contribution in [0.5, 0.6) is 0 Å². The Kier molecular flexibility index (Phi) is 7.40. The van der Waals surface area contributed by atoms with Crippen molar-refractivity contribution in [1.82, 2.24) is 15.1 Å². The van der Waals surface area contributed by atoms with Gasteiger partial charge in [0.25, 0.3) is 0 Å². The van der Waals surface area contributed by atoms with Gasteiger partial charge in [-0.1, -0.05) is 15.9 Å². The van der Waals surface area contributed by atoms with Gasteiger partial charge in [-0.15, -0.1) is 0 Å². The SMILES string of the molecule is CC(C)NC(=O)CN1CCN([C@H](C)C(=O)Nc2ccc(Br)cc2)CC1. The fraction of sp³-hybridized carbons (Fsp3) is 0.556. The summed E-state index contributed by atoms with van der Waals surface area (Å²) in [5.41, 5.74) is 0.795. The maximum Gasteiger partial charge on any atom is 0.241 e. The Hall–Kier alpha value is -1.44. The van der Waals surface area contributed by atoms with Gasteiger partial charge in [-0.25, -0.2) is 0 Å². The third-order valence-electron chi connectivity index (χ3n) is 4.26. The molecule has 0 saturated carbocycles. The summed E-state index contributed by atoms with van der Waals surface area (Å²) >= 11 is 3.38. The highest BCUT2D eigenvalue weighted by Gasteiger charge is 2.26. The molecule has 1 aliphatic rings. The molecule has 1 atom stereocenters. The lowest BCUT2D eigenvalue weighted by Crippen LogP contribution is -2.54. The molecular formula is C18H27BrN4O2. The Labute approximate surface area is 158 Å². The van der Waals surface area contributed by atoms with Crippen molar-refractivity contribution in [2.24, 2.45) is 0 Å². The van der Waals surface area contributed by atoms with Gasteiger partial charge in [-0.2, -0.15) is 0 Å². The second-order valence-corrected chi connectivity index (χ2v) is 7.62. The van der Waals surface area contributed by atoms with E-state index in [2.05, 4.69) is 36.4 Å². The molecule has 1 aromatic rings. The van der Waals surface area contributed by atoms with Gasteiger partial charge < -0.3 is 10.6 Å². The van der Waals surface area contributed by atoms with Crippen LogP contribution in [0.25, 0.3) is 0 Å². The van der Waals surface area contributed by atoms with Crippen molar-refractivity contribution < 1.29 is 9.59 Å². The fourth-order valence-electron chi connectivity index (χ4n) is 2.83. The van der Waals surface area contributed by atoms with Gasteiger partial charge in [-0.3, -0.25) is 19.4 Å². The van der Waals surface area contributed by atoms with E-state index >= 15 is 0 Å². The number of amides is 2. The predicted molar refractivity (Wildman–Crippen MR) is 104 cm³/mol. The highest BCUT2D eigenvalue weighted by molar-refractivity contribution is 9.10. The van der Waals surface area contributed by atoms with E-state index in [4.69, 9.17) is 0 Å². The Morgan fingerprint density at radius 2 is 1.68 bits per heavy atom. The van der Waals surface area contributed by atoms with Crippen LogP contribution in [-0.4, -0.2) is 66.4 Å². The van der Waals surface area contributed by atoms with Crippen molar-refractivity contribution in [2.45, 2.75) is 32.9 Å². The van der Waals surface area contributed by atoms with Crippen LogP contribution in [0.4, 0.5) is 5.69 Å². The van der Waals surface area contributed by atoms with Gasteiger partial charge in [0.2, 0.25) is 11.8 Å². The second-order valence-electron chi connectivity index (χ2n) is 6.71. The summed E-state index contributed by atoms with van der Waals surface area (Å²) < 4.78 is 0.983. The molecule has 1 aromatic carbocycles. The van der Waals surface area contributed by atoms with Crippen LogP contribution < -0.4 is 10.6 Å². The minimum absolute atomic E-state index is 0.00618. The topological polar surface area (TPSA) is 64.7 Å². The van der Waals surface area contributed by atoms with Gasteiger partial charge in [0.15, 0.2) is 0 Å². The molecule has 2 N–H and O–H groups in total. The average Bonchev–Trinajstić information content (AvgIpc) is 2.56. The number of hydrogen-bond donors (Lipinski definition) is 2. The molecule has 0 radical (unpaired) electrons. The number of carbonyl (C=O) groups is 2. The largest absolute Gasteiger partial charge is 0.353 e. The van der Waals surface area contributed by atoms with Crippen LogP contribution in [0.2, 0.25) is 0 Å². The highest BCUT2D eigenvalue weighted by atomic mass is 79.9. The summed E-state index contributed by atoms with van der Waals surface area (Å²) in [7, 11) is 0. The molecule has 1 saturated heterocycles. The van der Waals surface area contributed by atoms with E-state index in [1.54, 1.807) is 0 Å². The predicted octanol–water partition coefficient (Wildman–Crippen LogP) is 1.92. The molecule has 0 aromatic heterocycles. The van der Waals surface area contributed by atoms with E-state index in [9.17, 15) is 9.59 Å². The zero-order chi connectivity index (χ0) is 18.4. The number of anilines is 1. The number of nitrogens with zero attached hydrogens (tertiary/aromatic N) is 2. The lowest BCUT2D eigenvalue weighted by Gasteiger charge is -2.37. The van der Waals surface area contributed by atoms with E-state index in [1.807, 2.05) is 45.0 Å². The Bertz CT molecular complexity index is 583.